The Kier molecular flexibility index (Phi) is 9.46. The first kappa shape index (κ1) is 17.3. The van der Waals surface area contributed by atoms with Crippen molar-refractivity contribution in [1.29, 1.82) is 0 Å². The number of hydrogen-bond acceptors (Lipinski definition) is 2. The molecule has 4 heteroatoms. The Balaban J connectivity index is 2.00. The normalized spacial score (nSPS) is 20.9. The molecule has 20 heavy (non-hydrogen) atoms. The van der Waals surface area contributed by atoms with Crippen molar-refractivity contribution in [3.05, 3.63) is 0 Å². The molecule has 1 heterocycles. The van der Waals surface area contributed by atoms with Gasteiger partial charge in [-0.25, -0.2) is 0 Å². The van der Waals surface area contributed by atoms with Crippen molar-refractivity contribution in [2.24, 2.45) is 10.9 Å². The summed E-state index contributed by atoms with van der Waals surface area (Å²) in [5.74, 6) is 1.84. The number of piperidine rings is 1. The van der Waals surface area contributed by atoms with Gasteiger partial charge in [-0.3, -0.25) is 4.99 Å². The molecule has 1 aliphatic heterocycles. The number of nitrogens with one attached hydrogen (secondary N) is 2. The first-order chi connectivity index (χ1) is 9.76. The lowest BCUT2D eigenvalue weighted by atomic mass is 10.0. The molecule has 0 aromatic heterocycles. The smallest absolute Gasteiger partial charge is 0.190 e. The van der Waals surface area contributed by atoms with Gasteiger partial charge >= 0.3 is 0 Å². The van der Waals surface area contributed by atoms with E-state index >= 15 is 0 Å². The Labute approximate surface area is 125 Å². The van der Waals surface area contributed by atoms with Gasteiger partial charge in [-0.15, -0.1) is 0 Å². The molecule has 1 atom stereocenters. The summed E-state index contributed by atoms with van der Waals surface area (Å²) >= 11 is 0. The van der Waals surface area contributed by atoms with E-state index in [-0.39, 0.29) is 0 Å². The summed E-state index contributed by atoms with van der Waals surface area (Å²) in [4.78, 5) is 6.87. The van der Waals surface area contributed by atoms with Gasteiger partial charge in [0.15, 0.2) is 5.96 Å². The third-order valence-corrected chi connectivity index (χ3v) is 3.98. The van der Waals surface area contributed by atoms with Crippen LogP contribution >= 0.6 is 0 Å². The fourth-order valence-corrected chi connectivity index (χ4v) is 2.76. The van der Waals surface area contributed by atoms with Crippen LogP contribution in [0.3, 0.4) is 0 Å². The number of guanidine groups is 1. The van der Waals surface area contributed by atoms with Gasteiger partial charge in [-0.2, -0.15) is 0 Å². The van der Waals surface area contributed by atoms with Gasteiger partial charge in [0.2, 0.25) is 0 Å². The molecule has 1 rings (SSSR count). The summed E-state index contributed by atoms with van der Waals surface area (Å²) in [6.07, 6.45) is 7.72. The van der Waals surface area contributed by atoms with E-state index in [1.165, 1.54) is 58.2 Å². The van der Waals surface area contributed by atoms with Crippen LogP contribution in [-0.4, -0.2) is 50.6 Å². The van der Waals surface area contributed by atoms with Crippen LogP contribution in [0.15, 0.2) is 4.99 Å². The Morgan fingerprint density at radius 1 is 1.20 bits per heavy atom. The van der Waals surface area contributed by atoms with E-state index in [0.29, 0.717) is 0 Å². The molecule has 1 unspecified atom stereocenters. The van der Waals surface area contributed by atoms with Crippen molar-refractivity contribution < 1.29 is 0 Å². The fourth-order valence-electron chi connectivity index (χ4n) is 2.76. The van der Waals surface area contributed by atoms with Gasteiger partial charge in [0, 0.05) is 26.7 Å². The molecule has 0 bridgehead atoms. The van der Waals surface area contributed by atoms with Crippen LogP contribution in [0.1, 0.15) is 52.4 Å². The molecule has 0 aliphatic carbocycles. The Hall–Kier alpha value is -0.770. The first-order valence-electron chi connectivity index (χ1n) is 8.43. The molecular formula is C16H34N4. The maximum Gasteiger partial charge on any atom is 0.190 e. The highest BCUT2D eigenvalue weighted by Crippen LogP contribution is 2.15. The van der Waals surface area contributed by atoms with Gasteiger partial charge in [0.05, 0.1) is 0 Å². The van der Waals surface area contributed by atoms with E-state index in [1.54, 1.807) is 0 Å². The molecule has 1 saturated heterocycles. The third kappa shape index (κ3) is 7.73. The van der Waals surface area contributed by atoms with Crippen molar-refractivity contribution in [2.45, 2.75) is 52.4 Å². The van der Waals surface area contributed by atoms with Crippen molar-refractivity contribution in [2.75, 3.05) is 39.8 Å². The lowest BCUT2D eigenvalue weighted by Gasteiger charge is -2.30. The van der Waals surface area contributed by atoms with Crippen LogP contribution in [-0.2, 0) is 0 Å². The van der Waals surface area contributed by atoms with E-state index in [2.05, 4.69) is 34.4 Å². The second kappa shape index (κ2) is 11.0. The maximum absolute atomic E-state index is 4.24. The molecule has 1 aliphatic rings. The highest BCUT2D eigenvalue weighted by atomic mass is 15.2. The van der Waals surface area contributed by atoms with Crippen LogP contribution in [0.4, 0.5) is 0 Å². The van der Waals surface area contributed by atoms with E-state index < -0.39 is 0 Å². The van der Waals surface area contributed by atoms with Gasteiger partial charge < -0.3 is 15.5 Å². The lowest BCUT2D eigenvalue weighted by molar-refractivity contribution is 0.181. The van der Waals surface area contributed by atoms with Crippen molar-refractivity contribution in [3.8, 4) is 0 Å². The van der Waals surface area contributed by atoms with Crippen LogP contribution in [0.2, 0.25) is 0 Å². The van der Waals surface area contributed by atoms with Crippen molar-refractivity contribution >= 4 is 5.96 Å². The minimum Gasteiger partial charge on any atom is -0.356 e. The minimum atomic E-state index is 0.892. The van der Waals surface area contributed by atoms with Crippen LogP contribution in [0.25, 0.3) is 0 Å². The number of rotatable bonds is 8. The molecule has 0 aromatic rings. The second-order valence-corrected chi connectivity index (χ2v) is 6.03. The average molecular weight is 282 g/mol. The van der Waals surface area contributed by atoms with Gasteiger partial charge in [0.1, 0.15) is 0 Å². The predicted molar refractivity (Wildman–Crippen MR) is 88.3 cm³/mol. The molecule has 118 valence electrons. The zero-order valence-electron chi connectivity index (χ0n) is 13.7. The standard InChI is InChI=1S/C16H34N4/c1-4-5-10-18-16(17-3)19-11-6-7-12-20-13-8-9-15(2)14-20/h15H,4-14H2,1-3H3,(H2,17,18,19). The fraction of sp³-hybridized carbons (Fsp3) is 0.938. The van der Waals surface area contributed by atoms with E-state index in [4.69, 9.17) is 0 Å². The number of nitrogens with zero attached hydrogens (tertiary/aromatic N) is 2. The number of unbranched alkanes of at least 4 members (excludes halogenated alkanes) is 2. The molecule has 0 amide bonds. The Bertz CT molecular complexity index is 265. The summed E-state index contributed by atoms with van der Waals surface area (Å²) in [5.41, 5.74) is 0. The van der Waals surface area contributed by atoms with Gasteiger partial charge in [-0.05, 0) is 51.1 Å². The van der Waals surface area contributed by atoms with Gasteiger partial charge in [0.25, 0.3) is 0 Å². The summed E-state index contributed by atoms with van der Waals surface area (Å²) in [6, 6.07) is 0. The molecule has 1 fully saturated rings. The molecule has 4 nitrogen and oxygen atoms in total. The molecule has 2 N–H and O–H groups in total. The summed E-state index contributed by atoms with van der Waals surface area (Å²) < 4.78 is 0. The summed E-state index contributed by atoms with van der Waals surface area (Å²) in [6.45, 7) is 10.5. The zero-order chi connectivity index (χ0) is 14.6. The van der Waals surface area contributed by atoms with Gasteiger partial charge in [-0.1, -0.05) is 20.3 Å². The SMILES string of the molecule is CCCCNC(=NC)NCCCCN1CCCC(C)C1. The summed E-state index contributed by atoms with van der Waals surface area (Å²) in [7, 11) is 1.84. The van der Waals surface area contributed by atoms with E-state index in [1.807, 2.05) is 7.05 Å². The molecule has 0 radical (unpaired) electrons. The highest BCUT2D eigenvalue weighted by molar-refractivity contribution is 5.79. The van der Waals surface area contributed by atoms with E-state index in [0.717, 1.165) is 25.0 Å². The number of hydrogen-bond donors (Lipinski definition) is 2. The minimum absolute atomic E-state index is 0.892. The predicted octanol–water partition coefficient (Wildman–Crippen LogP) is 2.46. The Morgan fingerprint density at radius 3 is 2.60 bits per heavy atom. The second-order valence-electron chi connectivity index (χ2n) is 6.03. The first-order valence-corrected chi connectivity index (χ1v) is 8.43. The summed E-state index contributed by atoms with van der Waals surface area (Å²) in [5, 5.41) is 6.74. The van der Waals surface area contributed by atoms with Crippen LogP contribution < -0.4 is 10.6 Å². The molecule has 0 spiro atoms. The number of aliphatic imine (C=N–C) groups is 1. The van der Waals surface area contributed by atoms with Crippen molar-refractivity contribution in [3.63, 3.8) is 0 Å². The molecular weight excluding hydrogens is 248 g/mol. The van der Waals surface area contributed by atoms with E-state index in [9.17, 15) is 0 Å². The largest absolute Gasteiger partial charge is 0.356 e. The molecule has 0 saturated carbocycles. The highest BCUT2D eigenvalue weighted by Gasteiger charge is 2.15. The number of likely N-dealkylation sites (tertiary alicyclic amines) is 1. The maximum atomic E-state index is 4.24. The lowest BCUT2D eigenvalue weighted by Crippen LogP contribution is -2.38. The monoisotopic (exact) mass is 282 g/mol. The van der Waals surface area contributed by atoms with Crippen LogP contribution in [0.5, 0.6) is 0 Å². The topological polar surface area (TPSA) is 39.7 Å². The van der Waals surface area contributed by atoms with Crippen LogP contribution in [0, 0.1) is 5.92 Å². The molecule has 0 aromatic carbocycles. The average Bonchev–Trinajstić information content (AvgIpc) is 2.45. The quantitative estimate of drug-likeness (QED) is 0.408. The van der Waals surface area contributed by atoms with Crippen molar-refractivity contribution in [1.82, 2.24) is 15.5 Å². The Morgan fingerprint density at radius 2 is 1.95 bits per heavy atom. The zero-order valence-corrected chi connectivity index (χ0v) is 13.7. The third-order valence-electron chi connectivity index (χ3n) is 3.98.